The number of hydrogen-bond acceptors (Lipinski definition) is 4. The summed E-state index contributed by atoms with van der Waals surface area (Å²) in [6, 6.07) is 3.65. The Morgan fingerprint density at radius 2 is 2.23 bits per heavy atom. The first-order valence-corrected chi connectivity index (χ1v) is 5.26. The van der Waals surface area contributed by atoms with Crippen LogP contribution in [0.3, 0.4) is 0 Å². The Labute approximate surface area is 81.9 Å². The number of aliphatic hydroxyl groups excluding tert-OH is 1. The maximum atomic E-state index is 10.5. The highest BCUT2D eigenvalue weighted by atomic mass is 32.1. The van der Waals surface area contributed by atoms with E-state index in [9.17, 15) is 9.90 Å². The summed E-state index contributed by atoms with van der Waals surface area (Å²) >= 11 is 2.86. The Bertz CT molecular complexity index is 414. The summed E-state index contributed by atoms with van der Waals surface area (Å²) in [6.07, 6.45) is -1.38. The monoisotopic (exact) mass is 214 g/mol. The summed E-state index contributed by atoms with van der Waals surface area (Å²) < 4.78 is 2.06. The number of thiophene rings is 2. The minimum Gasteiger partial charge on any atom is -0.479 e. The van der Waals surface area contributed by atoms with Gasteiger partial charge in [-0.3, -0.25) is 0 Å². The molecule has 0 bridgehead atoms. The van der Waals surface area contributed by atoms with Gasteiger partial charge in [0.2, 0.25) is 0 Å². The first-order chi connectivity index (χ1) is 6.18. The van der Waals surface area contributed by atoms with Crippen molar-refractivity contribution in [3.63, 3.8) is 0 Å². The van der Waals surface area contributed by atoms with E-state index in [1.165, 1.54) is 11.3 Å². The molecule has 3 nitrogen and oxygen atoms in total. The molecule has 2 N–H and O–H groups in total. The number of carboxylic acid groups (broad SMARTS) is 1. The molecular formula is C8H6O3S2. The van der Waals surface area contributed by atoms with E-state index >= 15 is 0 Å². The molecule has 1 atom stereocenters. The topological polar surface area (TPSA) is 57.5 Å². The van der Waals surface area contributed by atoms with Crippen LogP contribution in [0, 0.1) is 0 Å². The average Bonchev–Trinajstić information content (AvgIpc) is 2.59. The maximum Gasteiger partial charge on any atom is 0.338 e. The Kier molecular flexibility index (Phi) is 2.07. The lowest BCUT2D eigenvalue weighted by molar-refractivity contribution is -0.146. The van der Waals surface area contributed by atoms with Crippen LogP contribution in [0.4, 0.5) is 0 Å². The third kappa shape index (κ3) is 1.46. The lowest BCUT2D eigenvalue weighted by Crippen LogP contribution is -2.08. The summed E-state index contributed by atoms with van der Waals surface area (Å²) in [5.74, 6) is -1.20. The van der Waals surface area contributed by atoms with Crippen molar-refractivity contribution in [2.24, 2.45) is 0 Å². The fourth-order valence-corrected chi connectivity index (χ4v) is 3.14. The van der Waals surface area contributed by atoms with E-state index in [2.05, 4.69) is 0 Å². The summed E-state index contributed by atoms with van der Waals surface area (Å²) in [4.78, 5) is 11.0. The van der Waals surface area contributed by atoms with E-state index in [-0.39, 0.29) is 0 Å². The van der Waals surface area contributed by atoms with E-state index in [0.29, 0.717) is 4.88 Å². The molecule has 0 aliphatic rings. The molecule has 0 aliphatic heterocycles. The van der Waals surface area contributed by atoms with Crippen LogP contribution in [0.5, 0.6) is 0 Å². The molecule has 68 valence electrons. The van der Waals surface area contributed by atoms with Crippen molar-refractivity contribution in [2.45, 2.75) is 6.10 Å². The molecule has 0 aliphatic carbocycles. The van der Waals surface area contributed by atoms with E-state index in [4.69, 9.17) is 5.11 Å². The smallest absolute Gasteiger partial charge is 0.338 e. The predicted molar refractivity (Wildman–Crippen MR) is 52.3 cm³/mol. The number of hydrogen-bond donors (Lipinski definition) is 2. The molecule has 0 radical (unpaired) electrons. The maximum absolute atomic E-state index is 10.5. The van der Waals surface area contributed by atoms with Crippen LogP contribution in [-0.2, 0) is 4.79 Å². The zero-order chi connectivity index (χ0) is 9.42. The molecule has 0 fully saturated rings. The second-order valence-corrected chi connectivity index (χ2v) is 4.60. The number of rotatable bonds is 2. The van der Waals surface area contributed by atoms with Crippen LogP contribution < -0.4 is 0 Å². The molecule has 0 amide bonds. The molecule has 2 aromatic rings. The van der Waals surface area contributed by atoms with Gasteiger partial charge in [0.05, 0.1) is 0 Å². The number of carboxylic acids is 1. The van der Waals surface area contributed by atoms with Gasteiger partial charge < -0.3 is 10.2 Å². The van der Waals surface area contributed by atoms with Gasteiger partial charge in [-0.15, -0.1) is 22.7 Å². The van der Waals surface area contributed by atoms with Crippen molar-refractivity contribution in [1.29, 1.82) is 0 Å². The SMILES string of the molecule is O=C(O)C(O)c1cc2sccc2s1. The third-order valence-corrected chi connectivity index (χ3v) is 3.81. The van der Waals surface area contributed by atoms with Gasteiger partial charge >= 0.3 is 5.97 Å². The molecule has 0 saturated carbocycles. The molecule has 2 rings (SSSR count). The average molecular weight is 214 g/mol. The van der Waals surface area contributed by atoms with E-state index in [1.807, 2.05) is 11.4 Å². The third-order valence-electron chi connectivity index (χ3n) is 1.66. The second kappa shape index (κ2) is 3.10. The Morgan fingerprint density at radius 3 is 2.85 bits per heavy atom. The van der Waals surface area contributed by atoms with Crippen LogP contribution in [-0.4, -0.2) is 16.2 Å². The van der Waals surface area contributed by atoms with Crippen molar-refractivity contribution >= 4 is 38.0 Å². The van der Waals surface area contributed by atoms with Crippen molar-refractivity contribution in [2.75, 3.05) is 0 Å². The summed E-state index contributed by atoms with van der Waals surface area (Å²) in [7, 11) is 0. The van der Waals surface area contributed by atoms with Crippen LogP contribution in [0.15, 0.2) is 17.5 Å². The zero-order valence-electron chi connectivity index (χ0n) is 6.43. The van der Waals surface area contributed by atoms with Gasteiger partial charge in [-0.05, 0) is 17.5 Å². The predicted octanol–water partition coefficient (Wildman–Crippen LogP) is 2.08. The first kappa shape index (κ1) is 8.68. The van der Waals surface area contributed by atoms with E-state index < -0.39 is 12.1 Å². The fourth-order valence-electron chi connectivity index (χ4n) is 1.04. The lowest BCUT2D eigenvalue weighted by atomic mass is 10.3. The Hall–Kier alpha value is -0.910. The normalized spacial score (nSPS) is 13.3. The highest BCUT2D eigenvalue weighted by Gasteiger charge is 2.18. The molecule has 1 unspecified atom stereocenters. The molecule has 2 aromatic heterocycles. The number of fused-ring (bicyclic) bond motifs is 1. The van der Waals surface area contributed by atoms with Gasteiger partial charge in [0.1, 0.15) is 0 Å². The summed E-state index contributed by atoms with van der Waals surface area (Å²) in [6.45, 7) is 0. The van der Waals surface area contributed by atoms with Crippen LogP contribution in [0.2, 0.25) is 0 Å². The molecule has 13 heavy (non-hydrogen) atoms. The van der Waals surface area contributed by atoms with Crippen LogP contribution in [0.1, 0.15) is 11.0 Å². The fraction of sp³-hybridized carbons (Fsp3) is 0.125. The van der Waals surface area contributed by atoms with Gasteiger partial charge in [0.15, 0.2) is 6.10 Å². The van der Waals surface area contributed by atoms with Gasteiger partial charge in [-0.1, -0.05) is 0 Å². The van der Waals surface area contributed by atoms with Gasteiger partial charge in [0.25, 0.3) is 0 Å². The quantitative estimate of drug-likeness (QED) is 0.804. The van der Waals surface area contributed by atoms with Crippen LogP contribution >= 0.6 is 22.7 Å². The van der Waals surface area contributed by atoms with Gasteiger partial charge in [-0.25, -0.2) is 4.79 Å². The van der Waals surface area contributed by atoms with E-state index in [0.717, 1.165) is 9.40 Å². The molecule has 5 heteroatoms. The van der Waals surface area contributed by atoms with Crippen molar-refractivity contribution in [3.05, 3.63) is 22.4 Å². The zero-order valence-corrected chi connectivity index (χ0v) is 8.06. The summed E-state index contributed by atoms with van der Waals surface area (Å²) in [5.41, 5.74) is 0. The number of aliphatic hydroxyl groups is 1. The molecular weight excluding hydrogens is 208 g/mol. The highest BCUT2D eigenvalue weighted by molar-refractivity contribution is 7.27. The molecule has 0 saturated heterocycles. The van der Waals surface area contributed by atoms with Crippen molar-refractivity contribution < 1.29 is 15.0 Å². The molecule has 2 heterocycles. The minimum absolute atomic E-state index is 0.495. The Morgan fingerprint density at radius 1 is 1.46 bits per heavy atom. The first-order valence-electron chi connectivity index (χ1n) is 3.56. The second-order valence-electron chi connectivity index (χ2n) is 2.54. The van der Waals surface area contributed by atoms with E-state index in [1.54, 1.807) is 17.4 Å². The molecule has 0 spiro atoms. The molecule has 0 aromatic carbocycles. The summed E-state index contributed by atoms with van der Waals surface area (Å²) in [5, 5.41) is 19.7. The Balaban J connectivity index is 2.44. The largest absolute Gasteiger partial charge is 0.479 e. The number of aliphatic carboxylic acids is 1. The van der Waals surface area contributed by atoms with Crippen molar-refractivity contribution in [3.8, 4) is 0 Å². The number of carbonyl (C=O) groups is 1. The van der Waals surface area contributed by atoms with Gasteiger partial charge in [0, 0.05) is 14.3 Å². The van der Waals surface area contributed by atoms with Crippen LogP contribution in [0.25, 0.3) is 9.40 Å². The standard InChI is InChI=1S/C8H6O3S2/c9-7(8(10)11)6-3-5-4(13-6)1-2-12-5/h1-3,7,9H,(H,10,11). The van der Waals surface area contributed by atoms with Gasteiger partial charge in [-0.2, -0.15) is 0 Å². The lowest BCUT2D eigenvalue weighted by Gasteiger charge is -1.99. The highest BCUT2D eigenvalue weighted by Crippen LogP contribution is 2.33. The van der Waals surface area contributed by atoms with Crippen molar-refractivity contribution in [1.82, 2.24) is 0 Å². The minimum atomic E-state index is -1.38.